The normalized spacial score (nSPS) is 16.4. The van der Waals surface area contributed by atoms with E-state index in [1.54, 1.807) is 50.6 Å². The lowest BCUT2D eigenvalue weighted by Crippen LogP contribution is -2.44. The maximum absolute atomic E-state index is 13.5. The molecule has 11 heteroatoms. The van der Waals surface area contributed by atoms with Gasteiger partial charge in [0.05, 0.1) is 32.9 Å². The van der Waals surface area contributed by atoms with Gasteiger partial charge in [0, 0.05) is 47.9 Å². The van der Waals surface area contributed by atoms with Crippen molar-refractivity contribution in [2.75, 3.05) is 26.6 Å². The van der Waals surface area contributed by atoms with Gasteiger partial charge < -0.3 is 28.6 Å². The van der Waals surface area contributed by atoms with Crippen LogP contribution in [0.25, 0.3) is 0 Å². The van der Waals surface area contributed by atoms with Gasteiger partial charge in [0.25, 0.3) is 0 Å². The minimum atomic E-state index is -1.07. The summed E-state index contributed by atoms with van der Waals surface area (Å²) < 4.78 is 27.4. The highest BCUT2D eigenvalue weighted by Gasteiger charge is 2.30. The van der Waals surface area contributed by atoms with Gasteiger partial charge in [-0.2, -0.15) is 0 Å². The Morgan fingerprint density at radius 2 is 1.74 bits per heavy atom. The number of carbonyl (C=O) groups excluding carboxylic acids is 3. The molecular weight excluding hydrogens is 590 g/mol. The van der Waals surface area contributed by atoms with E-state index in [4.69, 9.17) is 23.7 Å². The lowest BCUT2D eigenvalue weighted by atomic mass is 10.0. The summed E-state index contributed by atoms with van der Waals surface area (Å²) in [4.78, 5) is 40.0. The lowest BCUT2D eigenvalue weighted by molar-refractivity contribution is -0.166. The maximum atomic E-state index is 13.5. The molecule has 4 atom stereocenters. The summed E-state index contributed by atoms with van der Waals surface area (Å²) in [5.74, 6) is 1.27. The standard InChI is InChI=1S/C32H43NO8S2/c1-22(21-39-31(35)25-11-7-6-8-12-25)23(2)33(20-26-15-16-27(37-4)19-29(26)38-5)32(36)41-24(3)40-30(34)14-10-9-13-28-17-18-42-43-28/h6-8,11-12,15-16,19,22-24,28H,9-10,13-14,17-18,20-21H2,1-5H3/t22?,23?,24?,28-/m1/s1. The quantitative estimate of drug-likeness (QED) is 0.0821. The minimum Gasteiger partial charge on any atom is -0.497 e. The SMILES string of the molecule is COc1ccc(CN(C(=O)OC(C)OC(=O)CCCC[C@@H]2CCSS2)C(C)C(C)COC(=O)c2ccccc2)c(OC)c1. The smallest absolute Gasteiger partial charge is 0.413 e. The van der Waals surface area contributed by atoms with Gasteiger partial charge >= 0.3 is 18.0 Å². The Morgan fingerprint density at radius 1 is 0.977 bits per heavy atom. The molecule has 2 aromatic rings. The molecule has 0 aromatic heterocycles. The average molecular weight is 634 g/mol. The summed E-state index contributed by atoms with van der Waals surface area (Å²) in [7, 11) is 6.95. The molecule has 0 N–H and O–H groups in total. The van der Waals surface area contributed by atoms with Crippen LogP contribution in [-0.4, -0.2) is 67.1 Å². The fraction of sp³-hybridized carbons (Fsp3) is 0.531. The average Bonchev–Trinajstić information content (AvgIpc) is 3.54. The molecule has 9 nitrogen and oxygen atoms in total. The number of esters is 2. The van der Waals surface area contributed by atoms with E-state index >= 15 is 0 Å². The molecule has 1 amide bonds. The number of methoxy groups -OCH3 is 2. The minimum absolute atomic E-state index is 0.0843. The van der Waals surface area contributed by atoms with Gasteiger partial charge in [-0.05, 0) is 50.5 Å². The van der Waals surface area contributed by atoms with E-state index in [2.05, 4.69) is 0 Å². The summed E-state index contributed by atoms with van der Waals surface area (Å²) in [5.41, 5.74) is 1.18. The second kappa shape index (κ2) is 17.9. The van der Waals surface area contributed by atoms with Gasteiger partial charge in [-0.1, -0.05) is 53.1 Å². The molecular formula is C32H43NO8S2. The van der Waals surface area contributed by atoms with E-state index in [1.165, 1.54) is 24.0 Å². The van der Waals surface area contributed by atoms with E-state index in [0.29, 0.717) is 22.3 Å². The highest BCUT2D eigenvalue weighted by Crippen LogP contribution is 2.40. The van der Waals surface area contributed by atoms with Crippen LogP contribution in [0.1, 0.15) is 68.8 Å². The van der Waals surface area contributed by atoms with E-state index in [0.717, 1.165) is 24.8 Å². The lowest BCUT2D eigenvalue weighted by Gasteiger charge is -2.33. The maximum Gasteiger partial charge on any atom is 0.413 e. The van der Waals surface area contributed by atoms with Crippen LogP contribution in [0.3, 0.4) is 0 Å². The van der Waals surface area contributed by atoms with Crippen LogP contribution in [0.2, 0.25) is 0 Å². The topological polar surface area (TPSA) is 101 Å². The summed E-state index contributed by atoms with van der Waals surface area (Å²) in [6.45, 7) is 5.50. The van der Waals surface area contributed by atoms with Crippen molar-refractivity contribution in [1.82, 2.24) is 4.90 Å². The number of rotatable bonds is 16. The van der Waals surface area contributed by atoms with Crippen LogP contribution in [0.15, 0.2) is 48.5 Å². The van der Waals surface area contributed by atoms with Gasteiger partial charge in [0.15, 0.2) is 0 Å². The summed E-state index contributed by atoms with van der Waals surface area (Å²) in [5, 5.41) is 0.669. The highest BCUT2D eigenvalue weighted by atomic mass is 33.1. The molecule has 3 rings (SSSR count). The number of nitrogens with zero attached hydrogens (tertiary/aromatic N) is 1. The van der Waals surface area contributed by atoms with Gasteiger partial charge in [0.1, 0.15) is 11.5 Å². The fourth-order valence-corrected chi connectivity index (χ4v) is 7.56. The Bertz CT molecular complexity index is 1180. The van der Waals surface area contributed by atoms with Crippen molar-refractivity contribution in [2.45, 2.75) is 77.0 Å². The van der Waals surface area contributed by atoms with Crippen LogP contribution in [0.5, 0.6) is 11.5 Å². The molecule has 236 valence electrons. The van der Waals surface area contributed by atoms with Crippen molar-refractivity contribution in [2.24, 2.45) is 5.92 Å². The Labute approximate surface area is 262 Å². The van der Waals surface area contributed by atoms with Gasteiger partial charge in [-0.25, -0.2) is 9.59 Å². The van der Waals surface area contributed by atoms with Crippen molar-refractivity contribution in [3.63, 3.8) is 0 Å². The zero-order valence-electron chi connectivity index (χ0n) is 25.6. The summed E-state index contributed by atoms with van der Waals surface area (Å²) >= 11 is 0. The Hall–Kier alpha value is -3.05. The molecule has 1 aliphatic rings. The van der Waals surface area contributed by atoms with E-state index in [1.807, 2.05) is 47.6 Å². The number of ether oxygens (including phenoxy) is 5. The summed E-state index contributed by atoms with van der Waals surface area (Å²) in [6, 6.07) is 13.7. The number of unbranched alkanes of at least 4 members (excludes halogenated alkanes) is 1. The molecule has 2 aromatic carbocycles. The second-order valence-corrected chi connectivity index (χ2v) is 13.3. The van der Waals surface area contributed by atoms with Crippen LogP contribution in [0, 0.1) is 5.92 Å². The Kier molecular flexibility index (Phi) is 14.4. The number of benzene rings is 2. The third-order valence-electron chi connectivity index (χ3n) is 7.32. The van der Waals surface area contributed by atoms with Crippen LogP contribution < -0.4 is 9.47 Å². The molecule has 1 heterocycles. The van der Waals surface area contributed by atoms with Crippen molar-refractivity contribution < 1.29 is 38.1 Å². The Balaban J connectivity index is 1.62. The van der Waals surface area contributed by atoms with Crippen LogP contribution >= 0.6 is 21.6 Å². The van der Waals surface area contributed by atoms with Crippen molar-refractivity contribution in [3.8, 4) is 11.5 Å². The summed E-state index contributed by atoms with van der Waals surface area (Å²) in [6.07, 6.45) is 2.56. The fourth-order valence-electron chi connectivity index (χ4n) is 4.54. The monoisotopic (exact) mass is 633 g/mol. The van der Waals surface area contributed by atoms with E-state index in [-0.39, 0.29) is 25.5 Å². The molecule has 1 saturated heterocycles. The molecule has 43 heavy (non-hydrogen) atoms. The van der Waals surface area contributed by atoms with Crippen LogP contribution in [-0.2, 0) is 25.5 Å². The van der Waals surface area contributed by atoms with Crippen molar-refractivity contribution in [1.29, 1.82) is 0 Å². The number of carbonyl (C=O) groups is 3. The number of hydrogen-bond acceptors (Lipinski definition) is 10. The third kappa shape index (κ3) is 11.2. The molecule has 0 spiro atoms. The number of hydrogen-bond donors (Lipinski definition) is 0. The molecule has 3 unspecified atom stereocenters. The molecule has 1 aliphatic heterocycles. The molecule has 0 aliphatic carbocycles. The van der Waals surface area contributed by atoms with Crippen molar-refractivity contribution in [3.05, 3.63) is 59.7 Å². The van der Waals surface area contributed by atoms with Gasteiger partial charge in [-0.3, -0.25) is 4.79 Å². The van der Waals surface area contributed by atoms with Crippen molar-refractivity contribution >= 4 is 39.6 Å². The van der Waals surface area contributed by atoms with E-state index in [9.17, 15) is 14.4 Å². The predicted octanol–water partition coefficient (Wildman–Crippen LogP) is 7.13. The second-order valence-electron chi connectivity index (χ2n) is 10.5. The first-order valence-electron chi connectivity index (χ1n) is 14.6. The third-order valence-corrected chi connectivity index (χ3v) is 10.3. The first-order chi connectivity index (χ1) is 20.7. The zero-order chi connectivity index (χ0) is 31.2. The highest BCUT2D eigenvalue weighted by molar-refractivity contribution is 8.77. The zero-order valence-corrected chi connectivity index (χ0v) is 27.2. The first kappa shape index (κ1) is 34.4. The van der Waals surface area contributed by atoms with Crippen LogP contribution in [0.4, 0.5) is 4.79 Å². The first-order valence-corrected chi connectivity index (χ1v) is 17.0. The molecule has 0 radical (unpaired) electrons. The van der Waals surface area contributed by atoms with Gasteiger partial charge in [-0.15, -0.1) is 0 Å². The molecule has 0 saturated carbocycles. The number of amides is 1. The Morgan fingerprint density at radius 3 is 2.42 bits per heavy atom. The van der Waals surface area contributed by atoms with E-state index < -0.39 is 30.4 Å². The molecule has 1 fully saturated rings. The largest absolute Gasteiger partial charge is 0.497 e. The molecule has 0 bridgehead atoms. The van der Waals surface area contributed by atoms with Gasteiger partial charge in [0.2, 0.25) is 6.29 Å². The predicted molar refractivity (Wildman–Crippen MR) is 169 cm³/mol.